The van der Waals surface area contributed by atoms with Crippen LogP contribution in [-0.4, -0.2) is 14.1 Å². The molecule has 0 bridgehead atoms. The van der Waals surface area contributed by atoms with Crippen LogP contribution in [0.2, 0.25) is 5.02 Å². The van der Waals surface area contributed by atoms with Gasteiger partial charge in [-0.25, -0.2) is 4.39 Å². The molecule has 0 amide bonds. The van der Waals surface area contributed by atoms with Crippen LogP contribution in [0.25, 0.3) is 0 Å². The second kappa shape index (κ2) is 4.73. The molecule has 0 atom stereocenters. The van der Waals surface area contributed by atoms with Crippen LogP contribution in [0, 0.1) is 12.7 Å². The number of aryl methyl sites for hydroxylation is 1. The summed E-state index contributed by atoms with van der Waals surface area (Å²) in [7, 11) is 3.57. The van der Waals surface area contributed by atoms with Crippen LogP contribution in [0.5, 0.6) is 0 Å². The van der Waals surface area contributed by atoms with Crippen LogP contribution < -0.4 is 10.6 Å². The van der Waals surface area contributed by atoms with Crippen molar-refractivity contribution in [2.45, 2.75) is 13.1 Å². The van der Waals surface area contributed by atoms with E-state index >= 15 is 0 Å². The van der Waals surface area contributed by atoms with E-state index in [1.165, 1.54) is 6.07 Å². The molecule has 0 fully saturated rings. The van der Waals surface area contributed by atoms with Crippen LogP contribution in [0.3, 0.4) is 0 Å². The topological polar surface area (TPSA) is 24.1 Å². The first-order valence-corrected chi connectivity index (χ1v) is 4.78. The van der Waals surface area contributed by atoms with Gasteiger partial charge in [0, 0.05) is 10.6 Å². The maximum atomic E-state index is 13.3. The summed E-state index contributed by atoms with van der Waals surface area (Å²) in [4.78, 5) is 0. The van der Waals surface area contributed by atoms with Gasteiger partial charge in [0.1, 0.15) is 5.82 Å². The predicted molar refractivity (Wildman–Crippen MR) is 57.0 cm³/mol. The first-order valence-electron chi connectivity index (χ1n) is 4.40. The lowest BCUT2D eigenvalue weighted by Gasteiger charge is -2.17. The Bertz CT molecular complexity index is 324. The van der Waals surface area contributed by atoms with Crippen molar-refractivity contribution >= 4 is 11.6 Å². The van der Waals surface area contributed by atoms with Crippen LogP contribution in [0.4, 0.5) is 4.39 Å². The third-order valence-electron chi connectivity index (χ3n) is 2.17. The highest BCUT2D eigenvalue weighted by Crippen LogP contribution is 2.24. The molecule has 2 nitrogen and oxygen atoms in total. The molecule has 0 aliphatic heterocycles. The third kappa shape index (κ3) is 2.23. The van der Waals surface area contributed by atoms with Crippen LogP contribution in [0.15, 0.2) is 12.1 Å². The SMILES string of the molecule is CNC(NC)c1cc(F)c(C)cc1Cl. The Morgan fingerprint density at radius 3 is 2.36 bits per heavy atom. The van der Waals surface area contributed by atoms with E-state index in [0.29, 0.717) is 10.6 Å². The van der Waals surface area contributed by atoms with Crippen molar-refractivity contribution < 1.29 is 4.39 Å². The Balaban J connectivity index is 3.14. The molecule has 0 aromatic heterocycles. The number of halogens is 2. The summed E-state index contributed by atoms with van der Waals surface area (Å²) in [5.74, 6) is -0.236. The summed E-state index contributed by atoms with van der Waals surface area (Å²) in [6.45, 7) is 1.69. The fraction of sp³-hybridized carbons (Fsp3) is 0.400. The highest BCUT2D eigenvalue weighted by molar-refractivity contribution is 6.31. The fourth-order valence-electron chi connectivity index (χ4n) is 1.34. The Kier molecular flexibility index (Phi) is 3.86. The summed E-state index contributed by atoms with van der Waals surface area (Å²) < 4.78 is 13.3. The number of rotatable bonds is 3. The van der Waals surface area contributed by atoms with Gasteiger partial charge in [0.25, 0.3) is 0 Å². The fourth-order valence-corrected chi connectivity index (χ4v) is 1.67. The summed E-state index contributed by atoms with van der Waals surface area (Å²) in [6.07, 6.45) is -0.127. The minimum absolute atomic E-state index is 0.127. The van der Waals surface area contributed by atoms with Gasteiger partial charge in [-0.2, -0.15) is 0 Å². The molecule has 4 heteroatoms. The van der Waals surface area contributed by atoms with E-state index in [2.05, 4.69) is 10.6 Å². The molecule has 0 radical (unpaired) electrons. The minimum Gasteiger partial charge on any atom is -0.301 e. The highest BCUT2D eigenvalue weighted by Gasteiger charge is 2.12. The smallest absolute Gasteiger partial charge is 0.126 e. The zero-order chi connectivity index (χ0) is 10.7. The van der Waals surface area contributed by atoms with Gasteiger partial charge in [-0.1, -0.05) is 11.6 Å². The van der Waals surface area contributed by atoms with Crippen molar-refractivity contribution in [1.82, 2.24) is 10.6 Å². The van der Waals surface area contributed by atoms with E-state index in [0.717, 1.165) is 5.56 Å². The number of hydrogen-bond acceptors (Lipinski definition) is 2. The standard InChI is InChI=1S/C10H14ClFN2/c1-6-4-8(11)7(5-9(6)12)10(13-2)14-3/h4-5,10,13-14H,1-3H3. The largest absolute Gasteiger partial charge is 0.301 e. The second-order valence-electron chi connectivity index (χ2n) is 3.13. The molecule has 0 heterocycles. The zero-order valence-corrected chi connectivity index (χ0v) is 9.24. The summed E-state index contributed by atoms with van der Waals surface area (Å²) in [6, 6.07) is 3.09. The molecule has 2 N–H and O–H groups in total. The van der Waals surface area contributed by atoms with E-state index in [-0.39, 0.29) is 12.0 Å². The Hall–Kier alpha value is -0.640. The van der Waals surface area contributed by atoms with Crippen molar-refractivity contribution in [2.75, 3.05) is 14.1 Å². The number of hydrogen-bond donors (Lipinski definition) is 2. The molecular weight excluding hydrogens is 203 g/mol. The Morgan fingerprint density at radius 1 is 1.29 bits per heavy atom. The molecule has 1 aromatic rings. The maximum Gasteiger partial charge on any atom is 0.126 e. The summed E-state index contributed by atoms with van der Waals surface area (Å²) in [5, 5.41) is 6.55. The van der Waals surface area contributed by atoms with Crippen LogP contribution >= 0.6 is 11.6 Å². The van der Waals surface area contributed by atoms with E-state index in [1.807, 2.05) is 0 Å². The van der Waals surface area contributed by atoms with Crippen molar-refractivity contribution in [3.8, 4) is 0 Å². The van der Waals surface area contributed by atoms with E-state index in [9.17, 15) is 4.39 Å². The van der Waals surface area contributed by atoms with Gasteiger partial charge in [0.2, 0.25) is 0 Å². The molecular formula is C10H14ClFN2. The van der Waals surface area contributed by atoms with Crippen molar-refractivity contribution in [3.05, 3.63) is 34.1 Å². The molecule has 0 aliphatic carbocycles. The van der Waals surface area contributed by atoms with Crippen molar-refractivity contribution in [1.29, 1.82) is 0 Å². The summed E-state index contributed by atoms with van der Waals surface area (Å²) in [5.41, 5.74) is 1.28. The molecule has 0 saturated carbocycles. The Morgan fingerprint density at radius 2 is 1.86 bits per heavy atom. The molecule has 0 unspecified atom stereocenters. The number of benzene rings is 1. The molecule has 0 spiro atoms. The van der Waals surface area contributed by atoms with Crippen LogP contribution in [0.1, 0.15) is 17.3 Å². The second-order valence-corrected chi connectivity index (χ2v) is 3.54. The maximum absolute atomic E-state index is 13.3. The molecule has 14 heavy (non-hydrogen) atoms. The minimum atomic E-state index is -0.236. The van der Waals surface area contributed by atoms with Gasteiger partial charge in [-0.3, -0.25) is 0 Å². The van der Waals surface area contributed by atoms with Gasteiger partial charge in [-0.05, 0) is 38.7 Å². The lowest BCUT2D eigenvalue weighted by molar-refractivity contribution is 0.514. The van der Waals surface area contributed by atoms with Gasteiger partial charge < -0.3 is 10.6 Å². The molecule has 0 aliphatic rings. The van der Waals surface area contributed by atoms with E-state index < -0.39 is 0 Å². The van der Waals surface area contributed by atoms with Crippen LogP contribution in [-0.2, 0) is 0 Å². The first kappa shape index (κ1) is 11.4. The molecule has 0 saturated heterocycles. The van der Waals surface area contributed by atoms with Gasteiger partial charge in [-0.15, -0.1) is 0 Å². The predicted octanol–water partition coefficient (Wildman–Crippen LogP) is 2.22. The quantitative estimate of drug-likeness (QED) is 0.758. The third-order valence-corrected chi connectivity index (χ3v) is 2.49. The van der Waals surface area contributed by atoms with Crippen molar-refractivity contribution in [2.24, 2.45) is 0 Å². The average Bonchev–Trinajstić information content (AvgIpc) is 2.15. The average molecular weight is 217 g/mol. The number of nitrogens with one attached hydrogen (secondary N) is 2. The zero-order valence-electron chi connectivity index (χ0n) is 8.49. The van der Waals surface area contributed by atoms with E-state index in [4.69, 9.17) is 11.6 Å². The first-order chi connectivity index (χ1) is 6.60. The Labute approximate surface area is 88.5 Å². The highest BCUT2D eigenvalue weighted by atomic mass is 35.5. The van der Waals surface area contributed by atoms with Gasteiger partial charge in [0.05, 0.1) is 6.17 Å². The van der Waals surface area contributed by atoms with Gasteiger partial charge in [0.15, 0.2) is 0 Å². The van der Waals surface area contributed by atoms with Crippen molar-refractivity contribution in [3.63, 3.8) is 0 Å². The normalized spacial score (nSPS) is 11.0. The molecule has 1 rings (SSSR count). The van der Waals surface area contributed by atoms with E-state index in [1.54, 1.807) is 27.1 Å². The molecule has 1 aromatic carbocycles. The monoisotopic (exact) mass is 216 g/mol. The lowest BCUT2D eigenvalue weighted by atomic mass is 10.1. The van der Waals surface area contributed by atoms with Gasteiger partial charge >= 0.3 is 0 Å². The molecule has 78 valence electrons. The lowest BCUT2D eigenvalue weighted by Crippen LogP contribution is -2.29. The summed E-state index contributed by atoms with van der Waals surface area (Å²) >= 11 is 6.01.